The summed E-state index contributed by atoms with van der Waals surface area (Å²) in [7, 11) is 3.04. The second-order valence-corrected chi connectivity index (χ2v) is 6.85. The Balaban J connectivity index is 1.75. The average Bonchev–Trinajstić information content (AvgIpc) is 3.24. The van der Waals surface area contributed by atoms with Crippen molar-refractivity contribution in [3.05, 3.63) is 53.8 Å². The average molecular weight is 427 g/mol. The van der Waals surface area contributed by atoms with Gasteiger partial charge in [-0.25, -0.2) is 4.39 Å². The van der Waals surface area contributed by atoms with Gasteiger partial charge in [0.1, 0.15) is 28.6 Å². The van der Waals surface area contributed by atoms with Crippen molar-refractivity contribution in [2.45, 2.75) is 0 Å². The van der Waals surface area contributed by atoms with Crippen molar-refractivity contribution in [3.8, 4) is 22.8 Å². The zero-order valence-electron chi connectivity index (χ0n) is 17.2. The highest BCUT2D eigenvalue weighted by Gasteiger charge is 2.30. The second-order valence-electron chi connectivity index (χ2n) is 6.85. The van der Waals surface area contributed by atoms with E-state index in [0.717, 1.165) is 0 Å². The number of nitrogens with zero attached hydrogens (tertiary/aromatic N) is 2. The van der Waals surface area contributed by atoms with Crippen molar-refractivity contribution in [1.82, 2.24) is 5.16 Å². The summed E-state index contributed by atoms with van der Waals surface area (Å²) in [6, 6.07) is 11.1. The molecular formula is C22H22FN3O5. The first-order valence-electron chi connectivity index (χ1n) is 9.72. The summed E-state index contributed by atoms with van der Waals surface area (Å²) in [4.78, 5) is 15.2. The molecule has 0 bridgehead atoms. The Labute approximate surface area is 178 Å². The fraction of sp³-hybridized carbons (Fsp3) is 0.273. The van der Waals surface area contributed by atoms with Crippen LogP contribution in [0.5, 0.6) is 11.5 Å². The molecule has 0 atom stereocenters. The Morgan fingerprint density at radius 3 is 2.42 bits per heavy atom. The highest BCUT2D eigenvalue weighted by atomic mass is 19.1. The molecule has 2 aromatic carbocycles. The van der Waals surface area contributed by atoms with Crippen molar-refractivity contribution in [2.24, 2.45) is 0 Å². The SMILES string of the molecule is COc1cc(NC(=O)c2c(-c3ccccc3F)noc2N2CCOCC2)cc(OC)c1. The van der Waals surface area contributed by atoms with E-state index in [-0.39, 0.29) is 22.7 Å². The molecular weight excluding hydrogens is 405 g/mol. The third-order valence-electron chi connectivity index (χ3n) is 4.94. The molecule has 1 saturated heterocycles. The summed E-state index contributed by atoms with van der Waals surface area (Å²) in [6.07, 6.45) is 0. The van der Waals surface area contributed by atoms with E-state index in [9.17, 15) is 9.18 Å². The Hall–Kier alpha value is -3.59. The molecule has 0 unspecified atom stereocenters. The summed E-state index contributed by atoms with van der Waals surface area (Å²) in [5.41, 5.74) is 0.912. The monoisotopic (exact) mass is 427 g/mol. The molecule has 162 valence electrons. The molecule has 0 saturated carbocycles. The molecule has 31 heavy (non-hydrogen) atoms. The Morgan fingerprint density at radius 2 is 1.77 bits per heavy atom. The van der Waals surface area contributed by atoms with Gasteiger partial charge in [0.15, 0.2) is 0 Å². The van der Waals surface area contributed by atoms with Crippen LogP contribution in [0.1, 0.15) is 10.4 Å². The molecule has 4 rings (SSSR count). The molecule has 1 amide bonds. The lowest BCUT2D eigenvalue weighted by Gasteiger charge is -2.26. The van der Waals surface area contributed by atoms with Crippen LogP contribution in [0, 0.1) is 5.82 Å². The summed E-state index contributed by atoms with van der Waals surface area (Å²) in [5.74, 6) is 0.317. The number of hydrogen-bond acceptors (Lipinski definition) is 7. The first-order valence-corrected chi connectivity index (χ1v) is 9.72. The van der Waals surface area contributed by atoms with Gasteiger partial charge >= 0.3 is 0 Å². The van der Waals surface area contributed by atoms with Gasteiger partial charge in [0.25, 0.3) is 5.91 Å². The fourth-order valence-corrected chi connectivity index (χ4v) is 3.38. The molecule has 0 spiro atoms. The zero-order chi connectivity index (χ0) is 21.8. The largest absolute Gasteiger partial charge is 0.497 e. The number of methoxy groups -OCH3 is 2. The fourth-order valence-electron chi connectivity index (χ4n) is 3.38. The molecule has 2 heterocycles. The minimum Gasteiger partial charge on any atom is -0.497 e. The number of hydrogen-bond donors (Lipinski definition) is 1. The maximum absolute atomic E-state index is 14.5. The van der Waals surface area contributed by atoms with Gasteiger partial charge in [0, 0.05) is 42.5 Å². The van der Waals surface area contributed by atoms with Gasteiger partial charge in [0.05, 0.1) is 27.4 Å². The minimum atomic E-state index is -0.499. The number of nitrogens with one attached hydrogen (secondary N) is 1. The quantitative estimate of drug-likeness (QED) is 0.643. The third-order valence-corrected chi connectivity index (χ3v) is 4.94. The van der Waals surface area contributed by atoms with Crippen molar-refractivity contribution < 1.29 is 27.9 Å². The number of rotatable bonds is 6. The topological polar surface area (TPSA) is 86.1 Å². The number of amides is 1. The molecule has 9 heteroatoms. The van der Waals surface area contributed by atoms with E-state index >= 15 is 0 Å². The molecule has 1 aromatic heterocycles. The Kier molecular flexibility index (Phi) is 6.03. The Bertz CT molecular complexity index is 1060. The van der Waals surface area contributed by atoms with Crippen LogP contribution >= 0.6 is 0 Å². The van der Waals surface area contributed by atoms with E-state index in [4.69, 9.17) is 18.7 Å². The van der Waals surface area contributed by atoms with Gasteiger partial charge in [-0.3, -0.25) is 4.79 Å². The van der Waals surface area contributed by atoms with Crippen LogP contribution in [-0.4, -0.2) is 51.6 Å². The van der Waals surface area contributed by atoms with Crippen LogP contribution in [0.25, 0.3) is 11.3 Å². The van der Waals surface area contributed by atoms with E-state index in [0.29, 0.717) is 43.5 Å². The van der Waals surface area contributed by atoms with E-state index in [2.05, 4.69) is 10.5 Å². The number of benzene rings is 2. The predicted molar refractivity (Wildman–Crippen MR) is 112 cm³/mol. The van der Waals surface area contributed by atoms with Gasteiger partial charge in [-0.05, 0) is 12.1 Å². The summed E-state index contributed by atoms with van der Waals surface area (Å²) in [5, 5.41) is 6.87. The predicted octanol–water partition coefficient (Wildman–Crippen LogP) is 3.59. The van der Waals surface area contributed by atoms with Gasteiger partial charge in [-0.1, -0.05) is 17.3 Å². The lowest BCUT2D eigenvalue weighted by Crippen LogP contribution is -2.37. The molecule has 0 radical (unpaired) electrons. The number of morpholine rings is 1. The number of aromatic nitrogens is 1. The van der Waals surface area contributed by atoms with Crippen LogP contribution in [0.2, 0.25) is 0 Å². The second kappa shape index (κ2) is 9.05. The maximum Gasteiger partial charge on any atom is 0.263 e. The van der Waals surface area contributed by atoms with Gasteiger partial charge in [-0.15, -0.1) is 0 Å². The summed E-state index contributed by atoms with van der Waals surface area (Å²) >= 11 is 0. The molecule has 1 aliphatic heterocycles. The minimum absolute atomic E-state index is 0.131. The van der Waals surface area contributed by atoms with Crippen LogP contribution in [-0.2, 0) is 4.74 Å². The number of anilines is 2. The van der Waals surface area contributed by atoms with Crippen LogP contribution in [0.15, 0.2) is 47.0 Å². The summed E-state index contributed by atoms with van der Waals surface area (Å²) < 4.78 is 36.0. The van der Waals surface area contributed by atoms with Crippen LogP contribution < -0.4 is 19.7 Å². The molecule has 3 aromatic rings. The normalized spacial score (nSPS) is 13.7. The Morgan fingerprint density at radius 1 is 1.10 bits per heavy atom. The lowest BCUT2D eigenvalue weighted by atomic mass is 10.1. The van der Waals surface area contributed by atoms with Crippen molar-refractivity contribution >= 4 is 17.5 Å². The van der Waals surface area contributed by atoms with E-state index in [1.54, 1.807) is 36.4 Å². The van der Waals surface area contributed by atoms with E-state index in [1.807, 2.05) is 4.90 Å². The maximum atomic E-state index is 14.5. The van der Waals surface area contributed by atoms with Crippen LogP contribution in [0.4, 0.5) is 16.0 Å². The molecule has 1 N–H and O–H groups in total. The number of carbonyl (C=O) groups is 1. The highest BCUT2D eigenvalue weighted by Crippen LogP contribution is 2.34. The van der Waals surface area contributed by atoms with Gasteiger partial charge < -0.3 is 29.0 Å². The molecule has 1 aliphatic rings. The molecule has 8 nitrogen and oxygen atoms in total. The van der Waals surface area contributed by atoms with Crippen molar-refractivity contribution in [2.75, 3.05) is 50.7 Å². The lowest BCUT2D eigenvalue weighted by molar-refractivity contribution is 0.102. The first kappa shape index (κ1) is 20.7. The number of ether oxygens (including phenoxy) is 3. The third kappa shape index (κ3) is 4.31. The zero-order valence-corrected chi connectivity index (χ0v) is 17.2. The van der Waals surface area contributed by atoms with E-state index < -0.39 is 11.7 Å². The van der Waals surface area contributed by atoms with Crippen molar-refractivity contribution in [3.63, 3.8) is 0 Å². The highest BCUT2D eigenvalue weighted by molar-refractivity contribution is 6.11. The number of carbonyl (C=O) groups excluding carboxylic acids is 1. The standard InChI is InChI=1S/C22H22FN3O5/c1-28-15-11-14(12-16(13-15)29-2)24-21(27)19-20(17-5-3-4-6-18(17)23)25-31-22(19)26-7-9-30-10-8-26/h3-6,11-13H,7-10H2,1-2H3,(H,24,27). The smallest absolute Gasteiger partial charge is 0.263 e. The van der Waals surface area contributed by atoms with Gasteiger partial charge in [-0.2, -0.15) is 0 Å². The van der Waals surface area contributed by atoms with Crippen molar-refractivity contribution in [1.29, 1.82) is 0 Å². The molecule has 0 aliphatic carbocycles. The van der Waals surface area contributed by atoms with Crippen LogP contribution in [0.3, 0.4) is 0 Å². The first-order chi connectivity index (χ1) is 15.1. The molecule has 1 fully saturated rings. The number of halogens is 1. The summed E-state index contributed by atoms with van der Waals surface area (Å²) in [6.45, 7) is 2.03. The van der Waals surface area contributed by atoms with E-state index in [1.165, 1.54) is 20.3 Å². The van der Waals surface area contributed by atoms with Gasteiger partial charge in [0.2, 0.25) is 5.88 Å².